The van der Waals surface area contributed by atoms with E-state index < -0.39 is 0 Å². The third-order valence-electron chi connectivity index (χ3n) is 4.70. The molecule has 21 heavy (non-hydrogen) atoms. The predicted molar refractivity (Wildman–Crippen MR) is 82.9 cm³/mol. The molecule has 118 valence electrons. The Hall–Kier alpha value is -1.33. The lowest BCUT2D eigenvalue weighted by molar-refractivity contribution is -0.132. The van der Waals surface area contributed by atoms with Gasteiger partial charge in [-0.1, -0.05) is 13.8 Å². The Morgan fingerprint density at radius 2 is 2.29 bits per heavy atom. The molecule has 2 heterocycles. The summed E-state index contributed by atoms with van der Waals surface area (Å²) in [5.41, 5.74) is -0.278. The van der Waals surface area contributed by atoms with Gasteiger partial charge in [0.1, 0.15) is 5.76 Å². The highest BCUT2D eigenvalue weighted by Crippen LogP contribution is 2.34. The fourth-order valence-corrected chi connectivity index (χ4v) is 3.04. The van der Waals surface area contributed by atoms with Crippen molar-refractivity contribution in [1.29, 1.82) is 0 Å². The van der Waals surface area contributed by atoms with Gasteiger partial charge in [-0.25, -0.2) is 0 Å². The number of likely N-dealkylation sites (N-methyl/N-ethyl adjacent to an activating group) is 1. The van der Waals surface area contributed by atoms with E-state index in [1.165, 1.54) is 0 Å². The van der Waals surface area contributed by atoms with Crippen LogP contribution >= 0.6 is 0 Å². The van der Waals surface area contributed by atoms with Gasteiger partial charge in [0.15, 0.2) is 0 Å². The smallest absolute Gasteiger partial charge is 0.227 e. The minimum absolute atomic E-state index is 0.0579. The standard InChI is InChI=1S/C16H27N3O2/c1-12(2)16(7-8-17-11-16)15(20)18-10-13(19(3)4)14-6-5-9-21-14/h5-6,9,12-13,17H,7-8,10-11H2,1-4H3,(H,18,20). The van der Waals surface area contributed by atoms with Crippen LogP contribution in [0.2, 0.25) is 0 Å². The molecule has 2 N–H and O–H groups in total. The van der Waals surface area contributed by atoms with Gasteiger partial charge in [0.25, 0.3) is 0 Å². The molecule has 0 bridgehead atoms. The molecule has 0 spiro atoms. The molecule has 0 aliphatic carbocycles. The quantitative estimate of drug-likeness (QED) is 0.837. The molecule has 1 amide bonds. The van der Waals surface area contributed by atoms with E-state index >= 15 is 0 Å². The molecule has 1 aromatic rings. The molecule has 5 nitrogen and oxygen atoms in total. The number of carbonyl (C=O) groups excluding carboxylic acids is 1. The van der Waals surface area contributed by atoms with Crippen LogP contribution in [0, 0.1) is 11.3 Å². The van der Waals surface area contributed by atoms with Crippen LogP contribution in [0.4, 0.5) is 0 Å². The summed E-state index contributed by atoms with van der Waals surface area (Å²) in [5, 5.41) is 6.46. The number of hydrogen-bond donors (Lipinski definition) is 2. The molecule has 1 aliphatic heterocycles. The van der Waals surface area contributed by atoms with E-state index in [-0.39, 0.29) is 17.4 Å². The SMILES string of the molecule is CC(C)C1(C(=O)NCC(c2ccco2)N(C)C)CCNC1. The van der Waals surface area contributed by atoms with Crippen LogP contribution in [0.1, 0.15) is 32.1 Å². The Morgan fingerprint density at radius 3 is 2.76 bits per heavy atom. The molecule has 2 unspecified atom stereocenters. The summed E-state index contributed by atoms with van der Waals surface area (Å²) >= 11 is 0. The van der Waals surface area contributed by atoms with Crippen molar-refractivity contribution in [2.24, 2.45) is 11.3 Å². The fourth-order valence-electron chi connectivity index (χ4n) is 3.04. The highest BCUT2D eigenvalue weighted by Gasteiger charge is 2.43. The third kappa shape index (κ3) is 3.30. The van der Waals surface area contributed by atoms with Crippen LogP contribution in [-0.2, 0) is 4.79 Å². The third-order valence-corrected chi connectivity index (χ3v) is 4.70. The van der Waals surface area contributed by atoms with Crippen LogP contribution in [-0.4, -0.2) is 44.5 Å². The topological polar surface area (TPSA) is 57.5 Å². The Kier molecular flexibility index (Phi) is 5.06. The molecule has 2 atom stereocenters. The maximum atomic E-state index is 12.7. The fraction of sp³-hybridized carbons (Fsp3) is 0.688. The largest absolute Gasteiger partial charge is 0.468 e. The van der Waals surface area contributed by atoms with Gasteiger partial charge >= 0.3 is 0 Å². The van der Waals surface area contributed by atoms with Crippen molar-refractivity contribution < 1.29 is 9.21 Å². The zero-order chi connectivity index (χ0) is 15.5. The van der Waals surface area contributed by atoms with Crippen molar-refractivity contribution >= 4 is 5.91 Å². The molecule has 2 rings (SSSR count). The molecule has 1 saturated heterocycles. The number of carbonyl (C=O) groups is 1. The lowest BCUT2D eigenvalue weighted by atomic mass is 9.75. The Bertz CT molecular complexity index is 448. The zero-order valence-electron chi connectivity index (χ0n) is 13.5. The Balaban J connectivity index is 2.02. The minimum atomic E-state index is -0.278. The summed E-state index contributed by atoms with van der Waals surface area (Å²) in [7, 11) is 3.99. The molecule has 1 aromatic heterocycles. The van der Waals surface area contributed by atoms with E-state index in [1.807, 2.05) is 26.2 Å². The van der Waals surface area contributed by atoms with Crippen LogP contribution in [0.5, 0.6) is 0 Å². The number of nitrogens with one attached hydrogen (secondary N) is 2. The number of amides is 1. The van der Waals surface area contributed by atoms with E-state index in [4.69, 9.17) is 4.42 Å². The van der Waals surface area contributed by atoms with E-state index in [2.05, 4.69) is 29.4 Å². The lowest BCUT2D eigenvalue weighted by Crippen LogP contribution is -2.48. The second-order valence-corrected chi connectivity index (χ2v) is 6.44. The molecular weight excluding hydrogens is 266 g/mol. The Morgan fingerprint density at radius 1 is 1.52 bits per heavy atom. The van der Waals surface area contributed by atoms with E-state index in [9.17, 15) is 4.79 Å². The summed E-state index contributed by atoms with van der Waals surface area (Å²) in [4.78, 5) is 14.8. The monoisotopic (exact) mass is 293 g/mol. The molecule has 0 radical (unpaired) electrons. The van der Waals surface area contributed by atoms with Crippen molar-refractivity contribution in [1.82, 2.24) is 15.5 Å². The van der Waals surface area contributed by atoms with Crippen LogP contribution in [0.25, 0.3) is 0 Å². The maximum Gasteiger partial charge on any atom is 0.227 e. The van der Waals surface area contributed by atoms with Gasteiger partial charge in [-0.15, -0.1) is 0 Å². The molecule has 0 aromatic carbocycles. The van der Waals surface area contributed by atoms with Gasteiger partial charge in [0.05, 0.1) is 17.7 Å². The summed E-state index contributed by atoms with van der Waals surface area (Å²) in [6, 6.07) is 3.89. The van der Waals surface area contributed by atoms with E-state index in [1.54, 1.807) is 6.26 Å². The molecular formula is C16H27N3O2. The summed E-state index contributed by atoms with van der Waals surface area (Å²) in [6.45, 7) is 6.50. The minimum Gasteiger partial charge on any atom is -0.468 e. The first-order valence-corrected chi connectivity index (χ1v) is 7.66. The van der Waals surface area contributed by atoms with Crippen molar-refractivity contribution in [3.05, 3.63) is 24.2 Å². The number of nitrogens with zero attached hydrogens (tertiary/aromatic N) is 1. The predicted octanol–water partition coefficient (Wildman–Crippen LogP) is 1.63. The van der Waals surface area contributed by atoms with Gasteiger partial charge in [0, 0.05) is 13.1 Å². The number of rotatable bonds is 6. The van der Waals surface area contributed by atoms with Crippen molar-refractivity contribution in [3.8, 4) is 0 Å². The lowest BCUT2D eigenvalue weighted by Gasteiger charge is -2.32. The van der Waals surface area contributed by atoms with E-state index in [0.717, 1.165) is 25.3 Å². The van der Waals surface area contributed by atoms with Crippen LogP contribution in [0.3, 0.4) is 0 Å². The van der Waals surface area contributed by atoms with E-state index in [0.29, 0.717) is 12.5 Å². The Labute approximate surface area is 127 Å². The van der Waals surface area contributed by atoms with Crippen LogP contribution in [0.15, 0.2) is 22.8 Å². The maximum absolute atomic E-state index is 12.7. The van der Waals surface area contributed by atoms with Gasteiger partial charge in [-0.05, 0) is 45.1 Å². The van der Waals surface area contributed by atoms with Gasteiger partial charge in [-0.3, -0.25) is 9.69 Å². The van der Waals surface area contributed by atoms with Crippen molar-refractivity contribution in [2.45, 2.75) is 26.3 Å². The molecule has 1 aliphatic rings. The van der Waals surface area contributed by atoms with Gasteiger partial charge < -0.3 is 15.1 Å². The van der Waals surface area contributed by atoms with Crippen molar-refractivity contribution in [2.75, 3.05) is 33.7 Å². The molecule has 1 fully saturated rings. The highest BCUT2D eigenvalue weighted by molar-refractivity contribution is 5.83. The van der Waals surface area contributed by atoms with Gasteiger partial charge in [0.2, 0.25) is 5.91 Å². The first kappa shape index (κ1) is 16.0. The summed E-state index contributed by atoms with van der Waals surface area (Å²) in [6.07, 6.45) is 2.58. The number of hydrogen-bond acceptors (Lipinski definition) is 4. The van der Waals surface area contributed by atoms with Crippen molar-refractivity contribution in [3.63, 3.8) is 0 Å². The molecule has 5 heteroatoms. The van der Waals surface area contributed by atoms with Gasteiger partial charge in [-0.2, -0.15) is 0 Å². The first-order valence-electron chi connectivity index (χ1n) is 7.66. The summed E-state index contributed by atoms with van der Waals surface area (Å²) in [5.74, 6) is 1.36. The first-order chi connectivity index (χ1) is 9.97. The second-order valence-electron chi connectivity index (χ2n) is 6.44. The average Bonchev–Trinajstić information content (AvgIpc) is 3.10. The molecule has 0 saturated carbocycles. The number of furan rings is 1. The summed E-state index contributed by atoms with van der Waals surface area (Å²) < 4.78 is 5.48. The zero-order valence-corrected chi connectivity index (χ0v) is 13.5. The van der Waals surface area contributed by atoms with Crippen LogP contribution < -0.4 is 10.6 Å². The second kappa shape index (κ2) is 6.62. The normalized spacial score (nSPS) is 23.7. The average molecular weight is 293 g/mol. The highest BCUT2D eigenvalue weighted by atomic mass is 16.3.